The maximum absolute atomic E-state index is 6.49. The van der Waals surface area contributed by atoms with E-state index >= 15 is 0 Å². The van der Waals surface area contributed by atoms with Crippen LogP contribution in [0, 0.1) is 0 Å². The average Bonchev–Trinajstić information content (AvgIpc) is 3.95. The summed E-state index contributed by atoms with van der Waals surface area (Å²) in [6.07, 6.45) is 14.8. The molecule has 0 radical (unpaired) electrons. The van der Waals surface area contributed by atoms with Crippen LogP contribution >= 0.6 is 0 Å². The maximum atomic E-state index is 6.49. The van der Waals surface area contributed by atoms with Gasteiger partial charge in [-0.3, -0.25) is 0 Å². The molecule has 1 atom stereocenters. The van der Waals surface area contributed by atoms with Crippen molar-refractivity contribution in [1.82, 2.24) is 4.57 Å². The van der Waals surface area contributed by atoms with E-state index in [1.165, 1.54) is 94.3 Å². The van der Waals surface area contributed by atoms with Gasteiger partial charge >= 0.3 is 0 Å². The fourth-order valence-corrected chi connectivity index (χ4v) is 11.3. The molecule has 306 valence electrons. The molecule has 0 bridgehead atoms. The molecule has 0 saturated heterocycles. The number of aromatic nitrogens is 1. The lowest BCUT2D eigenvalue weighted by Gasteiger charge is -2.35. The van der Waals surface area contributed by atoms with Gasteiger partial charge in [0.2, 0.25) is 0 Å². The monoisotopic (exact) mass is 822 g/mol. The standard InChI is InChI=1S/C61H46N2O/c1-61(2)53-22-10-5-19-47(53)48-33-32-44(38-54(48)61)62(55-23-11-7-18-46(55)42-29-34-59-51(36-42)52-35-40-15-3-4-16-41(40)37-60(52)64-59)43-30-27-39(28-31-43)45-17-6-12-24-56(45)63-57-25-13-8-20-49(57)50-21-9-14-26-58(50)63/h3-10,12-22,24-27,29-39H,11,23,28H2,1-2H3. The molecule has 0 saturated carbocycles. The summed E-state index contributed by atoms with van der Waals surface area (Å²) in [6.45, 7) is 4.76. The highest BCUT2D eigenvalue weighted by Gasteiger charge is 2.36. The summed E-state index contributed by atoms with van der Waals surface area (Å²) in [5, 5.41) is 7.28. The first-order chi connectivity index (χ1) is 31.5. The lowest BCUT2D eigenvalue weighted by molar-refractivity contribution is 0.660. The molecule has 10 aromatic rings. The third kappa shape index (κ3) is 5.60. The Morgan fingerprint density at radius 1 is 0.594 bits per heavy atom. The van der Waals surface area contributed by atoms with Crippen LogP contribution in [-0.4, -0.2) is 4.57 Å². The summed E-state index contributed by atoms with van der Waals surface area (Å²) in [4.78, 5) is 2.58. The van der Waals surface area contributed by atoms with Crippen molar-refractivity contribution < 1.29 is 4.42 Å². The number of hydrogen-bond donors (Lipinski definition) is 0. The first-order valence-electron chi connectivity index (χ1n) is 22.8. The van der Waals surface area contributed by atoms with Crippen LogP contribution in [0.15, 0.2) is 216 Å². The number of nitrogens with zero attached hydrogens (tertiary/aromatic N) is 2. The van der Waals surface area contributed by atoms with E-state index < -0.39 is 0 Å². The van der Waals surface area contributed by atoms with E-state index in [1.807, 2.05) is 0 Å². The molecule has 3 nitrogen and oxygen atoms in total. The third-order valence-electron chi connectivity index (χ3n) is 14.4. The lowest BCUT2D eigenvalue weighted by Crippen LogP contribution is -2.25. The Balaban J connectivity index is 0.953. The second-order valence-corrected chi connectivity index (χ2v) is 18.3. The molecule has 8 aromatic carbocycles. The zero-order valence-corrected chi connectivity index (χ0v) is 36.1. The molecule has 0 spiro atoms. The van der Waals surface area contributed by atoms with Crippen LogP contribution in [0.1, 0.15) is 61.3 Å². The zero-order valence-electron chi connectivity index (χ0n) is 36.1. The topological polar surface area (TPSA) is 21.3 Å². The van der Waals surface area contributed by atoms with Gasteiger partial charge in [0.1, 0.15) is 11.2 Å². The van der Waals surface area contributed by atoms with Gasteiger partial charge in [0.05, 0.1) is 11.0 Å². The number of hydrogen-bond acceptors (Lipinski definition) is 2. The van der Waals surface area contributed by atoms with Crippen LogP contribution < -0.4 is 4.90 Å². The van der Waals surface area contributed by atoms with Gasteiger partial charge < -0.3 is 13.9 Å². The Bertz CT molecular complexity index is 3640. The highest BCUT2D eigenvalue weighted by Crippen LogP contribution is 2.51. The average molecular weight is 823 g/mol. The number of benzene rings is 8. The summed E-state index contributed by atoms with van der Waals surface area (Å²) < 4.78 is 8.96. The SMILES string of the molecule is CC1(C)c2ccccc2-c2ccc(N(C3=CCC(c4ccccc4-n4c5ccccc5c5ccccc54)C=C3)C3=C(c4ccc5oc6cc7ccccc7cc6c5c4)C=CCC3)cc21. The van der Waals surface area contributed by atoms with Gasteiger partial charge in [-0.1, -0.05) is 153 Å². The predicted octanol–water partition coefficient (Wildman–Crippen LogP) is 16.3. The number of para-hydroxylation sites is 3. The van der Waals surface area contributed by atoms with Crippen LogP contribution in [0.4, 0.5) is 5.69 Å². The number of furan rings is 1. The highest BCUT2D eigenvalue weighted by molar-refractivity contribution is 6.11. The quantitative estimate of drug-likeness (QED) is 0.167. The molecule has 3 aliphatic carbocycles. The van der Waals surface area contributed by atoms with E-state index in [-0.39, 0.29) is 11.3 Å². The normalized spacial score (nSPS) is 16.6. The van der Waals surface area contributed by atoms with Gasteiger partial charge in [0.25, 0.3) is 0 Å². The molecule has 3 heteroatoms. The van der Waals surface area contributed by atoms with Crippen molar-refractivity contribution in [2.24, 2.45) is 0 Å². The minimum atomic E-state index is -0.118. The van der Waals surface area contributed by atoms with E-state index in [0.717, 1.165) is 41.2 Å². The molecule has 1 unspecified atom stereocenters. The van der Waals surface area contributed by atoms with Crippen LogP contribution in [0.5, 0.6) is 0 Å². The van der Waals surface area contributed by atoms with Gasteiger partial charge in [0, 0.05) is 61.2 Å². The van der Waals surface area contributed by atoms with Crippen LogP contribution in [0.3, 0.4) is 0 Å². The van der Waals surface area contributed by atoms with Gasteiger partial charge in [-0.2, -0.15) is 0 Å². The second kappa shape index (κ2) is 14.2. The molecule has 2 heterocycles. The van der Waals surface area contributed by atoms with Crippen LogP contribution in [0.25, 0.3) is 76.9 Å². The van der Waals surface area contributed by atoms with Crippen molar-refractivity contribution in [3.63, 3.8) is 0 Å². The minimum Gasteiger partial charge on any atom is -0.456 e. The first-order valence-corrected chi connectivity index (χ1v) is 22.8. The molecule has 0 fully saturated rings. The summed E-state index contributed by atoms with van der Waals surface area (Å²) >= 11 is 0. The smallest absolute Gasteiger partial charge is 0.136 e. The molecule has 13 rings (SSSR count). The van der Waals surface area contributed by atoms with Crippen LogP contribution in [-0.2, 0) is 5.41 Å². The minimum absolute atomic E-state index is 0.118. The largest absolute Gasteiger partial charge is 0.456 e. The van der Waals surface area contributed by atoms with Crippen molar-refractivity contribution >= 4 is 65.8 Å². The summed E-state index contributed by atoms with van der Waals surface area (Å²) in [5.74, 6) is 0.211. The van der Waals surface area contributed by atoms with Crippen molar-refractivity contribution in [3.05, 3.63) is 234 Å². The summed E-state index contributed by atoms with van der Waals surface area (Å²) in [5.41, 5.74) is 18.4. The molecule has 0 aliphatic heterocycles. The molecular weight excluding hydrogens is 777 g/mol. The Labute approximate surface area is 373 Å². The fraction of sp³-hybridized carbons (Fsp3) is 0.115. The van der Waals surface area contributed by atoms with Crippen molar-refractivity contribution in [2.75, 3.05) is 4.90 Å². The van der Waals surface area contributed by atoms with Crippen LogP contribution in [0.2, 0.25) is 0 Å². The van der Waals surface area contributed by atoms with Crippen molar-refractivity contribution in [2.45, 2.75) is 44.4 Å². The maximum Gasteiger partial charge on any atom is 0.136 e. The zero-order chi connectivity index (χ0) is 42.5. The number of rotatable bonds is 6. The Kier molecular flexibility index (Phi) is 8.21. The van der Waals surface area contributed by atoms with E-state index in [1.54, 1.807) is 0 Å². The Morgan fingerprint density at radius 3 is 2.11 bits per heavy atom. The second-order valence-electron chi connectivity index (χ2n) is 18.3. The third-order valence-corrected chi connectivity index (χ3v) is 14.4. The molecule has 64 heavy (non-hydrogen) atoms. The molecular formula is C61H46N2O. The van der Waals surface area contributed by atoms with E-state index in [4.69, 9.17) is 4.42 Å². The predicted molar refractivity (Wildman–Crippen MR) is 268 cm³/mol. The van der Waals surface area contributed by atoms with Gasteiger partial charge in [0.15, 0.2) is 0 Å². The van der Waals surface area contributed by atoms with Gasteiger partial charge in [-0.05, 0) is 124 Å². The van der Waals surface area contributed by atoms with E-state index in [9.17, 15) is 0 Å². The molecule has 0 amide bonds. The highest BCUT2D eigenvalue weighted by atomic mass is 16.3. The van der Waals surface area contributed by atoms with E-state index in [2.05, 4.69) is 224 Å². The van der Waals surface area contributed by atoms with Crippen molar-refractivity contribution in [1.29, 1.82) is 0 Å². The Hall–Kier alpha value is -7.62. The van der Waals surface area contributed by atoms with Gasteiger partial charge in [-0.25, -0.2) is 0 Å². The Morgan fingerprint density at radius 2 is 1.30 bits per heavy atom. The molecule has 3 aliphatic rings. The molecule has 0 N–H and O–H groups in total. The summed E-state index contributed by atoms with van der Waals surface area (Å²) in [6, 6.07) is 62.6. The number of fused-ring (bicyclic) bond motifs is 10. The van der Waals surface area contributed by atoms with E-state index in [0.29, 0.717) is 0 Å². The first kappa shape index (κ1) is 37.0. The number of allylic oxidation sites excluding steroid dienone is 7. The van der Waals surface area contributed by atoms with Crippen molar-refractivity contribution in [3.8, 4) is 16.8 Å². The number of anilines is 1. The fourth-order valence-electron chi connectivity index (χ4n) is 11.3. The lowest BCUT2D eigenvalue weighted by atomic mass is 9.82. The van der Waals surface area contributed by atoms with Gasteiger partial charge in [-0.15, -0.1) is 0 Å². The molecule has 2 aromatic heterocycles. The summed E-state index contributed by atoms with van der Waals surface area (Å²) in [7, 11) is 0.